The minimum absolute atomic E-state index is 0.126. The summed E-state index contributed by atoms with van der Waals surface area (Å²) in [4.78, 5) is 27.2. The second-order valence-electron chi connectivity index (χ2n) is 17.3. The summed E-state index contributed by atoms with van der Waals surface area (Å²) in [6, 6.07) is 0. The van der Waals surface area contributed by atoms with Gasteiger partial charge in [0.2, 0.25) is 6.29 Å². The van der Waals surface area contributed by atoms with E-state index in [9.17, 15) is 45.3 Å². The van der Waals surface area contributed by atoms with Gasteiger partial charge in [-0.15, -0.1) is 0 Å². The predicted octanol–water partition coefficient (Wildman–Crippen LogP) is 2.53. The Hall–Kier alpha value is -1.60. The van der Waals surface area contributed by atoms with Gasteiger partial charge in [0.1, 0.15) is 24.4 Å². The van der Waals surface area contributed by atoms with Gasteiger partial charge in [0.05, 0.1) is 29.1 Å². The second-order valence-corrected chi connectivity index (χ2v) is 17.3. The van der Waals surface area contributed by atoms with Crippen LogP contribution in [0.15, 0.2) is 11.6 Å². The van der Waals surface area contributed by atoms with Gasteiger partial charge in [-0.3, -0.25) is 9.59 Å². The lowest BCUT2D eigenvalue weighted by Gasteiger charge is -2.71. The van der Waals surface area contributed by atoms with E-state index in [4.69, 9.17) is 9.47 Å². The van der Waals surface area contributed by atoms with Crippen molar-refractivity contribution in [3.8, 4) is 0 Å². The van der Waals surface area contributed by atoms with Crippen LogP contribution in [0.5, 0.6) is 0 Å². The number of carboxylic acid groups (broad SMARTS) is 1. The SMILES string of the molecule is C[C@@H]1CC[C@]2(C(=O)O[C@H]3O[C@@H](CO)[C@@H](O)[C@@H](O)[C@H]3O)CC[C@]3(C)C(=CC[C@@H]4[C@@]5(C)CC[C@H](O)[C@](C)(C(=O)O)[C@@H]5CC[C@]43C)[C@@H]2[C@]1(C)O. The van der Waals surface area contributed by atoms with Gasteiger partial charge in [0, 0.05) is 5.92 Å². The van der Waals surface area contributed by atoms with Crippen LogP contribution >= 0.6 is 0 Å². The standard InChI is InChI=1S/C36H56O11/c1-18-9-14-36(30(44)47-28-26(41)25(40)24(39)20(17-37)46-28)16-15-32(3)19(27(36)35(18,6)45)7-8-21-31(2)12-11-23(38)34(5,29(42)43)22(31)10-13-33(21,32)4/h7,18,20-28,37-41,45H,8-17H2,1-6H3,(H,42,43)/t18-,20+,21-,22-,23+,24-,25-,26-,27-,28-,31-,32-,33-,34-,35-,36+/m1/s1. The fraction of sp³-hybridized carbons (Fsp3) is 0.889. The number of carbonyl (C=O) groups is 2. The largest absolute Gasteiger partial charge is 0.481 e. The third kappa shape index (κ3) is 4.49. The molecule has 0 unspecified atom stereocenters. The number of hydrogen-bond donors (Lipinski definition) is 7. The van der Waals surface area contributed by atoms with E-state index in [0.29, 0.717) is 44.9 Å². The maximum atomic E-state index is 14.5. The molecule has 4 saturated carbocycles. The first-order chi connectivity index (χ1) is 21.8. The van der Waals surface area contributed by atoms with E-state index in [-0.39, 0.29) is 28.6 Å². The number of aliphatic hydroxyl groups excluding tert-OH is 5. The zero-order valence-electron chi connectivity index (χ0n) is 28.7. The number of fused-ring (bicyclic) bond motifs is 7. The summed E-state index contributed by atoms with van der Waals surface area (Å²) in [7, 11) is 0. The number of ether oxygens (including phenoxy) is 2. The summed E-state index contributed by atoms with van der Waals surface area (Å²) >= 11 is 0. The maximum absolute atomic E-state index is 14.5. The Morgan fingerprint density at radius 2 is 1.57 bits per heavy atom. The third-order valence-corrected chi connectivity index (χ3v) is 15.6. The van der Waals surface area contributed by atoms with Crippen LogP contribution in [-0.4, -0.2) is 96.7 Å². The molecule has 6 rings (SSSR count). The van der Waals surface area contributed by atoms with Crippen molar-refractivity contribution in [3.05, 3.63) is 11.6 Å². The normalized spacial score (nSPS) is 55.8. The summed E-state index contributed by atoms with van der Waals surface area (Å²) in [5.41, 5.74) is -3.64. The Bertz CT molecular complexity index is 1310. The van der Waals surface area contributed by atoms with Crippen molar-refractivity contribution in [2.24, 2.45) is 50.7 Å². The first kappa shape index (κ1) is 35.2. The lowest BCUT2D eigenvalue weighted by molar-refractivity contribution is -0.299. The zero-order valence-corrected chi connectivity index (χ0v) is 28.7. The number of carboxylic acids is 1. The minimum Gasteiger partial charge on any atom is -0.481 e. The van der Waals surface area contributed by atoms with Gasteiger partial charge in [0.25, 0.3) is 0 Å². The molecule has 0 radical (unpaired) electrons. The molecule has 11 nitrogen and oxygen atoms in total. The molecule has 0 aromatic rings. The Morgan fingerprint density at radius 1 is 0.894 bits per heavy atom. The minimum atomic E-state index is -1.72. The lowest BCUT2D eigenvalue weighted by atomic mass is 9.33. The number of hydrogen-bond acceptors (Lipinski definition) is 10. The molecule has 1 heterocycles. The number of aliphatic hydroxyl groups is 6. The van der Waals surface area contributed by atoms with Gasteiger partial charge in [0.15, 0.2) is 0 Å². The first-order valence-corrected chi connectivity index (χ1v) is 17.6. The van der Waals surface area contributed by atoms with Crippen molar-refractivity contribution in [3.63, 3.8) is 0 Å². The van der Waals surface area contributed by atoms with E-state index in [2.05, 4.69) is 26.8 Å². The number of allylic oxidation sites excluding steroid dienone is 1. The summed E-state index contributed by atoms with van der Waals surface area (Å²) in [6.45, 7) is 11.7. The van der Waals surface area contributed by atoms with Crippen molar-refractivity contribution in [2.75, 3.05) is 6.61 Å². The van der Waals surface area contributed by atoms with Gasteiger partial charge in [-0.25, -0.2) is 0 Å². The van der Waals surface area contributed by atoms with Crippen molar-refractivity contribution in [2.45, 2.75) is 142 Å². The van der Waals surface area contributed by atoms with E-state index >= 15 is 0 Å². The molecular formula is C36H56O11. The van der Waals surface area contributed by atoms with Crippen LogP contribution in [0.25, 0.3) is 0 Å². The number of esters is 1. The van der Waals surface area contributed by atoms with Crippen LogP contribution in [0, 0.1) is 50.7 Å². The summed E-state index contributed by atoms with van der Waals surface area (Å²) in [6.07, 6.45) is -1.18. The number of rotatable bonds is 4. The molecule has 6 aliphatic rings. The Kier molecular flexibility index (Phi) is 8.40. The molecular weight excluding hydrogens is 608 g/mol. The summed E-state index contributed by atoms with van der Waals surface area (Å²) < 4.78 is 11.4. The fourth-order valence-corrected chi connectivity index (χ4v) is 12.2. The van der Waals surface area contributed by atoms with Gasteiger partial charge >= 0.3 is 11.9 Å². The molecule has 16 atom stereocenters. The molecule has 1 aliphatic heterocycles. The van der Waals surface area contributed by atoms with Crippen molar-refractivity contribution >= 4 is 11.9 Å². The highest BCUT2D eigenvalue weighted by molar-refractivity contribution is 5.79. The molecule has 0 bridgehead atoms. The molecule has 0 spiro atoms. The molecule has 5 aliphatic carbocycles. The van der Waals surface area contributed by atoms with Crippen LogP contribution in [0.2, 0.25) is 0 Å². The summed E-state index contributed by atoms with van der Waals surface area (Å²) in [5, 5.41) is 74.8. The highest BCUT2D eigenvalue weighted by Crippen LogP contribution is 2.76. The highest BCUT2D eigenvalue weighted by atomic mass is 16.7. The van der Waals surface area contributed by atoms with Crippen molar-refractivity contribution < 1.29 is 54.8 Å². The maximum Gasteiger partial charge on any atom is 0.315 e. The van der Waals surface area contributed by atoms with Crippen LogP contribution in [0.1, 0.15) is 99.3 Å². The van der Waals surface area contributed by atoms with E-state index in [0.717, 1.165) is 18.4 Å². The van der Waals surface area contributed by atoms with Crippen LogP contribution in [0.4, 0.5) is 0 Å². The smallest absolute Gasteiger partial charge is 0.315 e. The third-order valence-electron chi connectivity index (χ3n) is 15.6. The Balaban J connectivity index is 1.39. The molecule has 1 saturated heterocycles. The molecule has 11 heteroatoms. The van der Waals surface area contributed by atoms with Gasteiger partial charge < -0.3 is 45.2 Å². The first-order valence-electron chi connectivity index (χ1n) is 17.6. The molecule has 47 heavy (non-hydrogen) atoms. The number of aliphatic carboxylic acids is 1. The van der Waals surface area contributed by atoms with E-state index in [1.165, 1.54) is 0 Å². The number of carbonyl (C=O) groups excluding carboxylic acids is 1. The van der Waals surface area contributed by atoms with E-state index in [1.54, 1.807) is 13.8 Å². The molecule has 266 valence electrons. The van der Waals surface area contributed by atoms with Crippen LogP contribution < -0.4 is 0 Å². The van der Waals surface area contributed by atoms with E-state index in [1.807, 2.05) is 6.92 Å². The molecule has 7 N–H and O–H groups in total. The lowest BCUT2D eigenvalue weighted by Crippen LogP contribution is -2.69. The Morgan fingerprint density at radius 3 is 2.21 bits per heavy atom. The molecule has 5 fully saturated rings. The van der Waals surface area contributed by atoms with Crippen molar-refractivity contribution in [1.29, 1.82) is 0 Å². The quantitative estimate of drug-likeness (QED) is 0.172. The van der Waals surface area contributed by atoms with Gasteiger partial charge in [-0.05, 0) is 106 Å². The Labute approximate surface area is 277 Å². The molecule has 0 aromatic heterocycles. The van der Waals surface area contributed by atoms with Crippen molar-refractivity contribution in [1.82, 2.24) is 0 Å². The highest BCUT2D eigenvalue weighted by Gasteiger charge is 2.72. The predicted molar refractivity (Wildman–Crippen MR) is 168 cm³/mol. The fourth-order valence-electron chi connectivity index (χ4n) is 12.2. The monoisotopic (exact) mass is 664 g/mol. The molecule has 0 amide bonds. The van der Waals surface area contributed by atoms with E-state index < -0.39 is 83.1 Å². The van der Waals surface area contributed by atoms with Crippen LogP contribution in [-0.2, 0) is 19.1 Å². The van der Waals surface area contributed by atoms with Gasteiger partial charge in [-0.2, -0.15) is 0 Å². The second kappa shape index (κ2) is 11.2. The zero-order chi connectivity index (χ0) is 34.7. The average Bonchev–Trinajstić information content (AvgIpc) is 3.01. The average molecular weight is 665 g/mol. The van der Waals surface area contributed by atoms with Gasteiger partial charge in [-0.1, -0.05) is 39.3 Å². The summed E-state index contributed by atoms with van der Waals surface area (Å²) in [5.74, 6) is -2.37. The molecule has 0 aromatic carbocycles. The topological polar surface area (TPSA) is 194 Å². The van der Waals surface area contributed by atoms with Crippen LogP contribution in [0.3, 0.4) is 0 Å².